The monoisotopic (exact) mass is 239 g/mol. The lowest BCUT2D eigenvalue weighted by Crippen LogP contribution is -2.05. The van der Waals surface area contributed by atoms with Crippen molar-refractivity contribution in [1.82, 2.24) is 0 Å². The molecule has 16 heavy (non-hydrogen) atoms. The first kappa shape index (κ1) is 12.3. The van der Waals surface area contributed by atoms with Gasteiger partial charge in [-0.3, -0.25) is 0 Å². The first-order valence-corrected chi connectivity index (χ1v) is 4.96. The number of benzene rings is 1. The van der Waals surface area contributed by atoms with Gasteiger partial charge in [0, 0.05) is 0 Å². The zero-order valence-corrected chi connectivity index (χ0v) is 9.67. The van der Waals surface area contributed by atoms with Gasteiger partial charge in [-0.25, -0.2) is 4.79 Å². The lowest BCUT2D eigenvalue weighted by molar-refractivity contribution is 0.0526. The number of hydrogen-bond donors (Lipinski definition) is 0. The van der Waals surface area contributed by atoms with Crippen LogP contribution in [0.2, 0.25) is 5.02 Å². The molecule has 0 bridgehead atoms. The molecule has 0 fully saturated rings. The Morgan fingerprint density at radius 2 is 2.25 bits per heavy atom. The van der Waals surface area contributed by atoms with Crippen molar-refractivity contribution < 1.29 is 14.3 Å². The van der Waals surface area contributed by atoms with Crippen LogP contribution in [0.4, 0.5) is 0 Å². The molecule has 0 radical (unpaired) electrons. The third-order valence-corrected chi connectivity index (χ3v) is 2.28. The Bertz CT molecular complexity index is 451. The highest BCUT2D eigenvalue weighted by Gasteiger charge is 2.14. The van der Waals surface area contributed by atoms with Crippen LogP contribution in [0.15, 0.2) is 12.1 Å². The summed E-state index contributed by atoms with van der Waals surface area (Å²) >= 11 is 5.86. The van der Waals surface area contributed by atoms with Crippen LogP contribution in [0.25, 0.3) is 0 Å². The van der Waals surface area contributed by atoms with Crippen molar-refractivity contribution in [3.05, 3.63) is 28.3 Å². The van der Waals surface area contributed by atoms with E-state index >= 15 is 0 Å². The smallest absolute Gasteiger partial charge is 0.338 e. The predicted molar refractivity (Wildman–Crippen MR) is 58.7 cm³/mol. The molecule has 0 aromatic heterocycles. The van der Waals surface area contributed by atoms with Crippen LogP contribution in [0.3, 0.4) is 0 Å². The predicted octanol–water partition coefficient (Wildman–Crippen LogP) is 2.40. The van der Waals surface area contributed by atoms with E-state index in [2.05, 4.69) is 0 Å². The zero-order valence-electron chi connectivity index (χ0n) is 8.91. The molecule has 0 saturated heterocycles. The summed E-state index contributed by atoms with van der Waals surface area (Å²) in [5, 5.41) is 9.03. The van der Waals surface area contributed by atoms with Crippen molar-refractivity contribution >= 4 is 17.6 Å². The van der Waals surface area contributed by atoms with E-state index in [1.807, 2.05) is 6.07 Å². The van der Waals surface area contributed by atoms with Crippen LogP contribution in [0.1, 0.15) is 22.8 Å². The summed E-state index contributed by atoms with van der Waals surface area (Å²) in [5.74, 6) is -0.224. The molecule has 0 spiro atoms. The average molecular weight is 240 g/mol. The molecule has 0 heterocycles. The number of rotatable bonds is 3. The molecule has 0 N–H and O–H groups in total. The molecule has 4 nitrogen and oxygen atoms in total. The molecular formula is C11H10ClNO3. The minimum absolute atomic E-state index is 0.184. The molecule has 0 aliphatic carbocycles. The Morgan fingerprint density at radius 3 is 2.75 bits per heavy atom. The van der Waals surface area contributed by atoms with Crippen LogP contribution in [-0.4, -0.2) is 19.7 Å². The van der Waals surface area contributed by atoms with E-state index in [0.717, 1.165) is 0 Å². The fourth-order valence-electron chi connectivity index (χ4n) is 1.16. The molecule has 0 aliphatic rings. The van der Waals surface area contributed by atoms with Crippen LogP contribution >= 0.6 is 11.6 Å². The summed E-state index contributed by atoms with van der Waals surface area (Å²) in [6.07, 6.45) is 0. The first-order chi connectivity index (χ1) is 7.63. The molecule has 0 saturated carbocycles. The second kappa shape index (κ2) is 5.38. The number of carbonyl (C=O) groups excluding carboxylic acids is 1. The molecule has 5 heteroatoms. The normalized spacial score (nSPS) is 9.38. The second-order valence-electron chi connectivity index (χ2n) is 2.87. The topological polar surface area (TPSA) is 59.3 Å². The Balaban J connectivity index is 3.23. The standard InChI is InChI=1S/C11H10ClNO3/c1-3-16-11(14)7-4-8(6-13)10(12)9(5-7)15-2/h4-5H,3H2,1-2H3. The van der Waals surface area contributed by atoms with Crippen LogP contribution in [0, 0.1) is 11.3 Å². The maximum Gasteiger partial charge on any atom is 0.338 e. The lowest BCUT2D eigenvalue weighted by atomic mass is 10.1. The van der Waals surface area contributed by atoms with Crippen molar-refractivity contribution in [1.29, 1.82) is 5.26 Å². The summed E-state index contributed by atoms with van der Waals surface area (Å²) < 4.78 is 9.79. The van der Waals surface area contributed by atoms with Gasteiger partial charge in [-0.15, -0.1) is 0 Å². The summed E-state index contributed by atoms with van der Waals surface area (Å²) in [6, 6.07) is 4.71. The number of halogens is 1. The highest BCUT2D eigenvalue weighted by atomic mass is 35.5. The number of carbonyl (C=O) groups is 1. The number of nitriles is 1. The molecule has 0 atom stereocenters. The summed E-state index contributed by atoms with van der Waals surface area (Å²) in [5.41, 5.74) is 0.434. The summed E-state index contributed by atoms with van der Waals surface area (Å²) in [4.78, 5) is 11.5. The molecule has 0 unspecified atom stereocenters. The summed E-state index contributed by atoms with van der Waals surface area (Å²) in [6.45, 7) is 1.97. The maximum atomic E-state index is 11.5. The van der Waals surface area contributed by atoms with Gasteiger partial charge in [-0.2, -0.15) is 5.26 Å². The third-order valence-electron chi connectivity index (χ3n) is 1.89. The van der Waals surface area contributed by atoms with Crippen molar-refractivity contribution in [2.45, 2.75) is 6.92 Å². The van der Waals surface area contributed by atoms with Gasteiger partial charge in [-0.05, 0) is 19.1 Å². The highest BCUT2D eigenvalue weighted by molar-refractivity contribution is 6.33. The van der Waals surface area contributed by atoms with Gasteiger partial charge < -0.3 is 9.47 Å². The number of esters is 1. The van der Waals surface area contributed by atoms with Crippen LogP contribution in [-0.2, 0) is 4.74 Å². The third kappa shape index (κ3) is 2.44. The molecule has 84 valence electrons. The van der Waals surface area contributed by atoms with Gasteiger partial charge in [0.25, 0.3) is 0 Å². The number of methoxy groups -OCH3 is 1. The minimum atomic E-state index is -0.506. The molecular weight excluding hydrogens is 230 g/mol. The molecule has 0 amide bonds. The fraction of sp³-hybridized carbons (Fsp3) is 0.273. The SMILES string of the molecule is CCOC(=O)c1cc(C#N)c(Cl)c(OC)c1. The van der Waals surface area contributed by atoms with Gasteiger partial charge in [0.2, 0.25) is 0 Å². The van der Waals surface area contributed by atoms with E-state index in [9.17, 15) is 4.79 Å². The number of ether oxygens (including phenoxy) is 2. The van der Waals surface area contributed by atoms with E-state index in [0.29, 0.717) is 0 Å². The second-order valence-corrected chi connectivity index (χ2v) is 3.25. The van der Waals surface area contributed by atoms with E-state index in [1.165, 1.54) is 19.2 Å². The largest absolute Gasteiger partial charge is 0.495 e. The number of hydrogen-bond acceptors (Lipinski definition) is 4. The molecule has 1 aromatic carbocycles. The van der Waals surface area contributed by atoms with E-state index in [-0.39, 0.29) is 28.5 Å². The van der Waals surface area contributed by atoms with E-state index < -0.39 is 5.97 Å². The molecule has 1 aromatic rings. The Labute approximate surface area is 98.3 Å². The highest BCUT2D eigenvalue weighted by Crippen LogP contribution is 2.29. The van der Waals surface area contributed by atoms with Gasteiger partial charge >= 0.3 is 5.97 Å². The van der Waals surface area contributed by atoms with Crippen LogP contribution in [0.5, 0.6) is 5.75 Å². The van der Waals surface area contributed by atoms with Crippen molar-refractivity contribution in [2.75, 3.05) is 13.7 Å². The van der Waals surface area contributed by atoms with E-state index in [1.54, 1.807) is 6.92 Å². The lowest BCUT2D eigenvalue weighted by Gasteiger charge is -2.07. The fourth-order valence-corrected chi connectivity index (χ4v) is 1.39. The quantitative estimate of drug-likeness (QED) is 0.760. The number of nitrogens with zero attached hydrogens (tertiary/aromatic N) is 1. The maximum absolute atomic E-state index is 11.5. The Morgan fingerprint density at radius 1 is 1.56 bits per heavy atom. The van der Waals surface area contributed by atoms with Crippen molar-refractivity contribution in [3.8, 4) is 11.8 Å². The van der Waals surface area contributed by atoms with Gasteiger partial charge in [0.1, 0.15) is 16.8 Å². The van der Waals surface area contributed by atoms with E-state index in [4.69, 9.17) is 26.3 Å². The van der Waals surface area contributed by atoms with Crippen molar-refractivity contribution in [2.24, 2.45) is 0 Å². The zero-order chi connectivity index (χ0) is 12.1. The van der Waals surface area contributed by atoms with Gasteiger partial charge in [-0.1, -0.05) is 11.6 Å². The Kier molecular flexibility index (Phi) is 4.15. The van der Waals surface area contributed by atoms with Gasteiger partial charge in [0.15, 0.2) is 0 Å². The van der Waals surface area contributed by atoms with Gasteiger partial charge in [0.05, 0.1) is 24.8 Å². The average Bonchev–Trinajstić information content (AvgIpc) is 2.29. The van der Waals surface area contributed by atoms with Crippen molar-refractivity contribution in [3.63, 3.8) is 0 Å². The summed E-state index contributed by atoms with van der Waals surface area (Å²) in [7, 11) is 1.41. The molecule has 0 aliphatic heterocycles. The molecule has 1 rings (SSSR count). The minimum Gasteiger partial charge on any atom is -0.495 e. The van der Waals surface area contributed by atoms with Crippen LogP contribution < -0.4 is 4.74 Å². The Hall–Kier alpha value is -1.73. The first-order valence-electron chi connectivity index (χ1n) is 4.58.